The smallest absolute Gasteiger partial charge is 0.349 e. The third-order valence-electron chi connectivity index (χ3n) is 1.22. The second kappa shape index (κ2) is 6.88. The van der Waals surface area contributed by atoms with Gasteiger partial charge in [-0.25, -0.2) is 4.79 Å². The number of carbonyl (C=O) groups excluding carboxylic acids is 1. The first-order valence-electron chi connectivity index (χ1n) is 3.75. The third-order valence-corrected chi connectivity index (χ3v) is 1.50. The monoisotopic (exact) mass is 208 g/mol. The molecule has 0 aromatic heterocycles. The van der Waals surface area contributed by atoms with Crippen LogP contribution < -0.4 is 0 Å². The summed E-state index contributed by atoms with van der Waals surface area (Å²) in [6.45, 7) is 1.99. The number of ether oxygens (including phenoxy) is 3. The standard InChI is InChI=1S/C8H13ClO4/c1-4-13-8(10)6(9)5-7(11-2)12-3/h5,7H,4H2,1-3H3/b6-5+. The molecule has 0 aromatic rings. The maximum atomic E-state index is 11.0. The molecule has 0 aliphatic rings. The molecule has 0 aliphatic heterocycles. The third kappa shape index (κ3) is 4.87. The molecule has 5 heteroatoms. The summed E-state index contributed by atoms with van der Waals surface area (Å²) in [4.78, 5) is 11.0. The molecule has 4 nitrogen and oxygen atoms in total. The molecule has 0 aromatic carbocycles. The topological polar surface area (TPSA) is 44.8 Å². The van der Waals surface area contributed by atoms with Crippen LogP contribution in [0.5, 0.6) is 0 Å². The first-order valence-corrected chi connectivity index (χ1v) is 4.13. The molecule has 0 unspecified atom stereocenters. The molecular weight excluding hydrogens is 196 g/mol. The number of methoxy groups -OCH3 is 2. The van der Waals surface area contributed by atoms with E-state index in [1.807, 2.05) is 0 Å². The average molecular weight is 209 g/mol. The zero-order chi connectivity index (χ0) is 10.3. The Morgan fingerprint density at radius 3 is 2.38 bits per heavy atom. The highest BCUT2D eigenvalue weighted by molar-refractivity contribution is 6.41. The predicted octanol–water partition coefficient (Wildman–Crippen LogP) is 1.29. The molecule has 0 aliphatic carbocycles. The van der Waals surface area contributed by atoms with Gasteiger partial charge in [0.25, 0.3) is 0 Å². The van der Waals surface area contributed by atoms with E-state index in [0.29, 0.717) is 0 Å². The molecule has 0 radical (unpaired) electrons. The Kier molecular flexibility index (Phi) is 6.58. The van der Waals surface area contributed by atoms with Gasteiger partial charge in [-0.05, 0) is 13.0 Å². The summed E-state index contributed by atoms with van der Waals surface area (Å²) in [6, 6.07) is 0. The minimum absolute atomic E-state index is 0.0458. The SMILES string of the molecule is CCOC(=O)/C(Cl)=C\C(OC)OC. The van der Waals surface area contributed by atoms with E-state index in [9.17, 15) is 4.79 Å². The molecule has 0 saturated carbocycles. The summed E-state index contributed by atoms with van der Waals surface area (Å²) in [5, 5.41) is -0.0458. The Labute approximate surface area is 82.4 Å². The predicted molar refractivity (Wildman–Crippen MR) is 48.4 cm³/mol. The molecule has 0 saturated heterocycles. The maximum Gasteiger partial charge on any atom is 0.349 e. The van der Waals surface area contributed by atoms with Crippen molar-refractivity contribution in [2.75, 3.05) is 20.8 Å². The molecule has 0 fully saturated rings. The summed E-state index contributed by atoms with van der Waals surface area (Å²) < 4.78 is 14.3. The molecule has 76 valence electrons. The van der Waals surface area contributed by atoms with E-state index in [2.05, 4.69) is 4.74 Å². The summed E-state index contributed by atoms with van der Waals surface area (Å²) >= 11 is 5.59. The van der Waals surface area contributed by atoms with Gasteiger partial charge in [0.15, 0.2) is 6.29 Å². The molecular formula is C8H13ClO4. The first-order chi connectivity index (χ1) is 6.15. The number of rotatable bonds is 5. The van der Waals surface area contributed by atoms with Gasteiger partial charge in [-0.3, -0.25) is 0 Å². The van der Waals surface area contributed by atoms with Crippen molar-refractivity contribution < 1.29 is 19.0 Å². The van der Waals surface area contributed by atoms with E-state index in [0.717, 1.165) is 0 Å². The van der Waals surface area contributed by atoms with E-state index >= 15 is 0 Å². The van der Waals surface area contributed by atoms with E-state index in [4.69, 9.17) is 21.1 Å². The van der Waals surface area contributed by atoms with Gasteiger partial charge in [-0.1, -0.05) is 11.6 Å². The van der Waals surface area contributed by atoms with Crippen LogP contribution in [0.2, 0.25) is 0 Å². The van der Waals surface area contributed by atoms with Crippen LogP contribution in [-0.4, -0.2) is 33.1 Å². The molecule has 0 N–H and O–H groups in total. The number of hydrogen-bond donors (Lipinski definition) is 0. The van der Waals surface area contributed by atoms with Crippen molar-refractivity contribution in [2.45, 2.75) is 13.2 Å². The summed E-state index contributed by atoms with van der Waals surface area (Å²) in [7, 11) is 2.89. The van der Waals surface area contributed by atoms with Gasteiger partial charge < -0.3 is 14.2 Å². The highest BCUT2D eigenvalue weighted by Gasteiger charge is 2.10. The summed E-state index contributed by atoms with van der Waals surface area (Å²) in [6.07, 6.45) is 0.705. The first kappa shape index (κ1) is 12.4. The van der Waals surface area contributed by atoms with Crippen LogP contribution in [0.1, 0.15) is 6.92 Å². The van der Waals surface area contributed by atoms with Gasteiger partial charge in [-0.15, -0.1) is 0 Å². The molecule has 0 amide bonds. The Bertz CT molecular complexity index is 187. The van der Waals surface area contributed by atoms with Crippen molar-refractivity contribution in [3.8, 4) is 0 Å². The lowest BCUT2D eigenvalue weighted by Gasteiger charge is -2.08. The second-order valence-corrected chi connectivity index (χ2v) is 2.48. The normalized spacial score (nSPS) is 11.9. The molecule has 0 rings (SSSR count). The zero-order valence-electron chi connectivity index (χ0n) is 7.87. The van der Waals surface area contributed by atoms with Crippen molar-refractivity contribution in [2.24, 2.45) is 0 Å². The maximum absolute atomic E-state index is 11.0. The summed E-state index contributed by atoms with van der Waals surface area (Å²) in [5.41, 5.74) is 0. The fraction of sp³-hybridized carbons (Fsp3) is 0.625. The van der Waals surface area contributed by atoms with Crippen LogP contribution in [0.15, 0.2) is 11.1 Å². The number of halogens is 1. The number of hydrogen-bond acceptors (Lipinski definition) is 4. The highest BCUT2D eigenvalue weighted by atomic mass is 35.5. The summed E-state index contributed by atoms with van der Waals surface area (Å²) in [5.74, 6) is -0.580. The van der Waals surface area contributed by atoms with Crippen molar-refractivity contribution in [3.05, 3.63) is 11.1 Å². The van der Waals surface area contributed by atoms with Crippen LogP contribution in [0.25, 0.3) is 0 Å². The van der Waals surface area contributed by atoms with Crippen molar-refractivity contribution in [3.63, 3.8) is 0 Å². The molecule has 0 atom stereocenters. The van der Waals surface area contributed by atoms with E-state index in [1.54, 1.807) is 6.92 Å². The fourth-order valence-electron chi connectivity index (χ4n) is 0.620. The van der Waals surface area contributed by atoms with Crippen LogP contribution >= 0.6 is 11.6 Å². The van der Waals surface area contributed by atoms with E-state index in [-0.39, 0.29) is 11.6 Å². The molecule has 0 spiro atoms. The van der Waals surface area contributed by atoms with Crippen molar-refractivity contribution in [1.29, 1.82) is 0 Å². The Hall–Kier alpha value is -0.580. The lowest BCUT2D eigenvalue weighted by atomic mass is 10.5. The highest BCUT2D eigenvalue weighted by Crippen LogP contribution is 2.07. The molecule has 0 heterocycles. The van der Waals surface area contributed by atoms with Gasteiger partial charge >= 0.3 is 5.97 Å². The van der Waals surface area contributed by atoms with Gasteiger partial charge in [0, 0.05) is 14.2 Å². The van der Waals surface area contributed by atoms with Crippen LogP contribution in [0, 0.1) is 0 Å². The van der Waals surface area contributed by atoms with Gasteiger partial charge in [0.1, 0.15) is 5.03 Å². The second-order valence-electron chi connectivity index (χ2n) is 2.07. The fourth-order valence-corrected chi connectivity index (χ4v) is 0.777. The Morgan fingerprint density at radius 1 is 1.46 bits per heavy atom. The van der Waals surface area contributed by atoms with E-state index in [1.165, 1.54) is 20.3 Å². The minimum Gasteiger partial charge on any atom is -0.462 e. The largest absolute Gasteiger partial charge is 0.462 e. The minimum atomic E-state index is -0.628. The lowest BCUT2D eigenvalue weighted by Crippen LogP contribution is -2.12. The lowest BCUT2D eigenvalue weighted by molar-refractivity contribution is -0.138. The molecule has 0 bridgehead atoms. The van der Waals surface area contributed by atoms with Gasteiger partial charge in [0.05, 0.1) is 6.61 Å². The number of carbonyl (C=O) groups is 1. The zero-order valence-corrected chi connectivity index (χ0v) is 8.63. The van der Waals surface area contributed by atoms with Crippen LogP contribution in [0.4, 0.5) is 0 Å². The quantitative estimate of drug-likeness (QED) is 0.388. The van der Waals surface area contributed by atoms with E-state index < -0.39 is 12.3 Å². The average Bonchev–Trinajstić information content (AvgIpc) is 2.14. The Morgan fingerprint density at radius 2 is 2.00 bits per heavy atom. The Balaban J connectivity index is 4.20. The molecule has 13 heavy (non-hydrogen) atoms. The van der Waals surface area contributed by atoms with Gasteiger partial charge in [0.2, 0.25) is 0 Å². The van der Waals surface area contributed by atoms with Crippen LogP contribution in [-0.2, 0) is 19.0 Å². The van der Waals surface area contributed by atoms with Gasteiger partial charge in [-0.2, -0.15) is 0 Å². The van der Waals surface area contributed by atoms with Crippen molar-refractivity contribution >= 4 is 17.6 Å². The number of esters is 1. The van der Waals surface area contributed by atoms with Crippen LogP contribution in [0.3, 0.4) is 0 Å². The van der Waals surface area contributed by atoms with Crippen molar-refractivity contribution in [1.82, 2.24) is 0 Å².